The number of amides is 1. The molecule has 1 amide bonds. The molecule has 0 saturated heterocycles. The summed E-state index contributed by atoms with van der Waals surface area (Å²) in [5, 5.41) is 43.4. The summed E-state index contributed by atoms with van der Waals surface area (Å²) >= 11 is 0. The molecule has 0 spiro atoms. The largest absolute Gasteiger partial charge is 0.394 e. The minimum atomic E-state index is -1.28. The molecule has 0 aromatic rings. The normalized spacial score (nSPS) is 14.4. The van der Waals surface area contributed by atoms with E-state index in [2.05, 4.69) is 43.5 Å². The maximum Gasteiger partial charge on any atom is 0.249 e. The first-order valence-corrected chi connectivity index (χ1v) is 22.2. The zero-order valence-corrected chi connectivity index (χ0v) is 33.9. The van der Waals surface area contributed by atoms with Crippen LogP contribution in [0.3, 0.4) is 0 Å². The molecular formula is C45H87NO5. The minimum absolute atomic E-state index is 0.360. The summed E-state index contributed by atoms with van der Waals surface area (Å²) < 4.78 is 0. The van der Waals surface area contributed by atoms with Crippen molar-refractivity contribution >= 4 is 5.91 Å². The second kappa shape index (κ2) is 40.0. The Morgan fingerprint density at radius 2 is 0.824 bits per heavy atom. The van der Waals surface area contributed by atoms with E-state index in [1.807, 2.05) is 0 Å². The smallest absolute Gasteiger partial charge is 0.249 e. The average Bonchev–Trinajstić information content (AvgIpc) is 3.13. The van der Waals surface area contributed by atoms with Crippen LogP contribution in [0.1, 0.15) is 226 Å². The number of rotatable bonds is 40. The lowest BCUT2D eigenvalue weighted by Gasteiger charge is -2.27. The van der Waals surface area contributed by atoms with Crippen molar-refractivity contribution in [3.05, 3.63) is 24.3 Å². The van der Waals surface area contributed by atoms with E-state index in [4.69, 9.17) is 0 Å². The number of nitrogens with one attached hydrogen (secondary N) is 1. The first-order chi connectivity index (χ1) is 25.0. The lowest BCUT2D eigenvalue weighted by Crippen LogP contribution is -2.53. The highest BCUT2D eigenvalue weighted by Crippen LogP contribution is 2.16. The number of carbonyl (C=O) groups is 1. The van der Waals surface area contributed by atoms with Gasteiger partial charge in [-0.1, -0.05) is 199 Å². The predicted octanol–water partition coefficient (Wildman–Crippen LogP) is 11.6. The Balaban J connectivity index is 3.68. The molecule has 0 aromatic heterocycles. The Hall–Kier alpha value is -1.21. The molecule has 0 aromatic carbocycles. The van der Waals surface area contributed by atoms with E-state index in [0.29, 0.717) is 19.3 Å². The second-order valence-corrected chi connectivity index (χ2v) is 15.4. The summed E-state index contributed by atoms with van der Waals surface area (Å²) in [7, 11) is 0. The first-order valence-electron chi connectivity index (χ1n) is 22.2. The van der Waals surface area contributed by atoms with Gasteiger partial charge in [0.2, 0.25) is 5.91 Å². The molecule has 0 saturated carbocycles. The number of aliphatic hydroxyl groups excluding tert-OH is 4. The van der Waals surface area contributed by atoms with Crippen LogP contribution in [0.4, 0.5) is 0 Å². The van der Waals surface area contributed by atoms with Gasteiger partial charge >= 0.3 is 0 Å². The van der Waals surface area contributed by atoms with Crippen molar-refractivity contribution in [3.8, 4) is 0 Å². The summed E-state index contributed by atoms with van der Waals surface area (Å²) in [6.45, 7) is 3.99. The van der Waals surface area contributed by atoms with Gasteiger partial charge in [-0.25, -0.2) is 0 Å². The number of allylic oxidation sites excluding steroid dienone is 4. The molecule has 4 atom stereocenters. The molecule has 0 aliphatic rings. The Labute approximate surface area is 316 Å². The van der Waals surface area contributed by atoms with Crippen molar-refractivity contribution in [2.24, 2.45) is 0 Å². The molecular weight excluding hydrogens is 634 g/mol. The zero-order chi connectivity index (χ0) is 37.5. The summed E-state index contributed by atoms with van der Waals surface area (Å²) in [4.78, 5) is 12.4. The van der Waals surface area contributed by atoms with Crippen LogP contribution in [-0.4, -0.2) is 57.3 Å². The molecule has 0 radical (unpaired) electrons. The number of carbonyl (C=O) groups excluding carboxylic acids is 1. The van der Waals surface area contributed by atoms with E-state index in [-0.39, 0.29) is 0 Å². The highest BCUT2D eigenvalue weighted by molar-refractivity contribution is 5.80. The van der Waals surface area contributed by atoms with Gasteiger partial charge in [0.05, 0.1) is 18.8 Å². The second-order valence-electron chi connectivity index (χ2n) is 15.4. The van der Waals surface area contributed by atoms with Crippen LogP contribution in [0.5, 0.6) is 0 Å². The van der Waals surface area contributed by atoms with Gasteiger partial charge in [-0.2, -0.15) is 0 Å². The van der Waals surface area contributed by atoms with Gasteiger partial charge in [-0.15, -0.1) is 0 Å². The van der Waals surface area contributed by atoms with E-state index >= 15 is 0 Å². The first kappa shape index (κ1) is 49.8. The minimum Gasteiger partial charge on any atom is -0.394 e. The SMILES string of the molecule is CCCCCCCCCCCCCCCCCCCC/C=C/CC/C=C/CCCC(O)C(O)C(CO)NC(=O)C(O)CCCCCCCCCC. The van der Waals surface area contributed by atoms with E-state index in [1.54, 1.807) is 0 Å². The topological polar surface area (TPSA) is 110 Å². The predicted molar refractivity (Wildman–Crippen MR) is 219 cm³/mol. The van der Waals surface area contributed by atoms with E-state index in [0.717, 1.165) is 38.5 Å². The number of hydrogen-bond acceptors (Lipinski definition) is 5. The number of aliphatic hydroxyl groups is 4. The van der Waals surface area contributed by atoms with Gasteiger partial charge in [0.15, 0.2) is 0 Å². The van der Waals surface area contributed by atoms with Gasteiger partial charge in [-0.05, 0) is 51.4 Å². The van der Waals surface area contributed by atoms with Crippen molar-refractivity contribution < 1.29 is 25.2 Å². The highest BCUT2D eigenvalue weighted by Gasteiger charge is 2.28. The van der Waals surface area contributed by atoms with E-state index < -0.39 is 36.9 Å². The molecule has 5 N–H and O–H groups in total. The van der Waals surface area contributed by atoms with Crippen molar-refractivity contribution in [1.82, 2.24) is 5.32 Å². The third-order valence-electron chi connectivity index (χ3n) is 10.4. The summed E-state index contributed by atoms with van der Waals surface area (Å²) in [5.74, 6) is -0.601. The van der Waals surface area contributed by atoms with Crippen molar-refractivity contribution in [2.75, 3.05) is 6.61 Å². The summed E-state index contributed by atoms with van der Waals surface area (Å²) in [5.41, 5.74) is 0. The van der Waals surface area contributed by atoms with Gasteiger partial charge in [0, 0.05) is 0 Å². The van der Waals surface area contributed by atoms with Gasteiger partial charge in [-0.3, -0.25) is 4.79 Å². The van der Waals surface area contributed by atoms with Crippen LogP contribution in [0.15, 0.2) is 24.3 Å². The average molecular weight is 722 g/mol. The molecule has 0 fully saturated rings. The van der Waals surface area contributed by atoms with Gasteiger partial charge in [0.25, 0.3) is 0 Å². The van der Waals surface area contributed by atoms with Crippen LogP contribution in [-0.2, 0) is 4.79 Å². The third kappa shape index (κ3) is 34.3. The van der Waals surface area contributed by atoms with Crippen LogP contribution in [0.2, 0.25) is 0 Å². The molecule has 6 heteroatoms. The lowest BCUT2D eigenvalue weighted by atomic mass is 10.00. The maximum absolute atomic E-state index is 12.4. The zero-order valence-electron chi connectivity index (χ0n) is 33.9. The molecule has 0 aliphatic heterocycles. The fourth-order valence-corrected chi connectivity index (χ4v) is 6.83. The Kier molecular flexibility index (Phi) is 39.0. The molecule has 51 heavy (non-hydrogen) atoms. The van der Waals surface area contributed by atoms with Crippen LogP contribution >= 0.6 is 0 Å². The number of unbranched alkanes of at least 4 members (excludes halogenated alkanes) is 27. The monoisotopic (exact) mass is 722 g/mol. The number of hydrogen-bond donors (Lipinski definition) is 5. The summed E-state index contributed by atoms with van der Waals surface area (Å²) in [6.07, 6.45) is 45.3. The molecule has 0 rings (SSSR count). The Bertz CT molecular complexity index is 772. The lowest BCUT2D eigenvalue weighted by molar-refractivity contribution is -0.132. The van der Waals surface area contributed by atoms with E-state index in [1.165, 1.54) is 154 Å². The maximum atomic E-state index is 12.4. The molecule has 0 heterocycles. The van der Waals surface area contributed by atoms with Crippen molar-refractivity contribution in [1.29, 1.82) is 0 Å². The van der Waals surface area contributed by atoms with E-state index in [9.17, 15) is 25.2 Å². The van der Waals surface area contributed by atoms with Crippen molar-refractivity contribution in [3.63, 3.8) is 0 Å². The standard InChI is InChI=1S/C45H87NO5/c1-3-5-7-9-11-13-14-15-16-17-18-19-20-21-22-23-24-25-26-27-28-29-30-31-33-34-36-38-42(48)44(50)41(40-47)46-45(51)43(49)39-37-35-32-12-10-8-6-4-2/h27-28,31,33,41-44,47-50H,3-26,29-30,32,34-40H2,1-2H3,(H,46,51)/b28-27+,33-31+. The van der Waals surface area contributed by atoms with Crippen LogP contribution in [0.25, 0.3) is 0 Å². The van der Waals surface area contributed by atoms with Gasteiger partial charge < -0.3 is 25.7 Å². The Morgan fingerprint density at radius 1 is 0.471 bits per heavy atom. The molecule has 0 aliphatic carbocycles. The van der Waals surface area contributed by atoms with Gasteiger partial charge in [0.1, 0.15) is 12.2 Å². The molecule has 0 bridgehead atoms. The third-order valence-corrected chi connectivity index (χ3v) is 10.4. The molecule has 6 nitrogen and oxygen atoms in total. The fourth-order valence-electron chi connectivity index (χ4n) is 6.83. The summed E-state index contributed by atoms with van der Waals surface area (Å²) in [6, 6.07) is -1.00. The fraction of sp³-hybridized carbons (Fsp3) is 0.889. The van der Waals surface area contributed by atoms with Crippen molar-refractivity contribution in [2.45, 2.75) is 250 Å². The van der Waals surface area contributed by atoms with Crippen LogP contribution < -0.4 is 5.32 Å². The molecule has 302 valence electrons. The molecule has 4 unspecified atom stereocenters. The highest BCUT2D eigenvalue weighted by atomic mass is 16.3. The Morgan fingerprint density at radius 3 is 1.24 bits per heavy atom. The quantitative estimate of drug-likeness (QED) is 0.0320. The van der Waals surface area contributed by atoms with Crippen LogP contribution in [0, 0.1) is 0 Å².